The maximum atomic E-state index is 11.5. The van der Waals surface area contributed by atoms with Crippen LogP contribution >= 0.6 is 0 Å². The molecule has 0 aliphatic heterocycles. The Morgan fingerprint density at radius 3 is 2.76 bits per heavy atom. The van der Waals surface area contributed by atoms with Gasteiger partial charge in [-0.2, -0.15) is 0 Å². The van der Waals surface area contributed by atoms with Gasteiger partial charge >= 0.3 is 5.97 Å². The summed E-state index contributed by atoms with van der Waals surface area (Å²) in [6.45, 7) is 4.12. The van der Waals surface area contributed by atoms with E-state index in [0.717, 1.165) is 18.7 Å². The van der Waals surface area contributed by atoms with Gasteiger partial charge in [0.1, 0.15) is 11.6 Å². The molecule has 0 spiro atoms. The van der Waals surface area contributed by atoms with Crippen molar-refractivity contribution in [2.45, 2.75) is 39.2 Å². The molecule has 5 heteroatoms. The number of carbonyl (C=O) groups excluding carboxylic acids is 1. The summed E-state index contributed by atoms with van der Waals surface area (Å²) in [5.41, 5.74) is 6.25. The van der Waals surface area contributed by atoms with Crippen LogP contribution in [0.15, 0.2) is 0 Å². The second-order valence-corrected chi connectivity index (χ2v) is 4.83. The average Bonchev–Trinajstić information content (AvgIpc) is 2.82. The molecule has 5 nitrogen and oxygen atoms in total. The van der Waals surface area contributed by atoms with Gasteiger partial charge in [0.15, 0.2) is 5.69 Å². The van der Waals surface area contributed by atoms with Crippen LogP contribution < -0.4 is 5.73 Å². The van der Waals surface area contributed by atoms with Crippen molar-refractivity contribution in [2.24, 2.45) is 5.92 Å². The average molecular weight is 237 g/mol. The zero-order valence-corrected chi connectivity index (χ0v) is 10.6. The van der Waals surface area contributed by atoms with Gasteiger partial charge in [0.2, 0.25) is 0 Å². The first-order valence-electron chi connectivity index (χ1n) is 5.97. The fourth-order valence-electron chi connectivity index (χ4n) is 2.68. The molecule has 0 amide bonds. The van der Waals surface area contributed by atoms with Crippen LogP contribution in [0.3, 0.4) is 0 Å². The third-order valence-corrected chi connectivity index (χ3v) is 3.54. The van der Waals surface area contributed by atoms with Crippen molar-refractivity contribution in [3.8, 4) is 0 Å². The van der Waals surface area contributed by atoms with Crippen LogP contribution in [0.25, 0.3) is 0 Å². The lowest BCUT2D eigenvalue weighted by Gasteiger charge is -2.15. The highest BCUT2D eigenvalue weighted by molar-refractivity contribution is 5.92. The van der Waals surface area contributed by atoms with E-state index in [9.17, 15) is 4.79 Å². The Hall–Kier alpha value is -1.52. The lowest BCUT2D eigenvalue weighted by atomic mass is 10.1. The smallest absolute Gasteiger partial charge is 0.360 e. The molecule has 1 fully saturated rings. The first-order valence-corrected chi connectivity index (χ1v) is 5.97. The Labute approximate surface area is 101 Å². The molecule has 1 aliphatic carbocycles. The highest BCUT2D eigenvalue weighted by Gasteiger charge is 2.28. The number of esters is 1. The molecule has 2 rings (SSSR count). The molecular formula is C12H19N3O2. The molecule has 1 aromatic rings. The SMILES string of the molecule is COC(=O)c1nc(C)n(C2CCC(C)C2)c1N. The van der Waals surface area contributed by atoms with E-state index >= 15 is 0 Å². The number of imidazole rings is 1. The van der Waals surface area contributed by atoms with Gasteiger partial charge in [-0.25, -0.2) is 9.78 Å². The summed E-state index contributed by atoms with van der Waals surface area (Å²) in [6, 6.07) is 0.371. The van der Waals surface area contributed by atoms with Gasteiger partial charge in [-0.1, -0.05) is 6.92 Å². The largest absolute Gasteiger partial charge is 0.464 e. The summed E-state index contributed by atoms with van der Waals surface area (Å²) in [4.78, 5) is 15.7. The number of nitrogen functional groups attached to an aromatic ring is 1. The maximum Gasteiger partial charge on any atom is 0.360 e. The third kappa shape index (κ3) is 2.01. The monoisotopic (exact) mass is 237 g/mol. The first-order chi connectivity index (χ1) is 8.04. The predicted molar refractivity (Wildman–Crippen MR) is 64.8 cm³/mol. The second kappa shape index (κ2) is 4.39. The van der Waals surface area contributed by atoms with Crippen LogP contribution in [0.1, 0.15) is 48.5 Å². The van der Waals surface area contributed by atoms with E-state index in [1.54, 1.807) is 0 Å². The minimum Gasteiger partial charge on any atom is -0.464 e. The minimum atomic E-state index is -0.463. The van der Waals surface area contributed by atoms with Crippen molar-refractivity contribution in [3.05, 3.63) is 11.5 Å². The summed E-state index contributed by atoms with van der Waals surface area (Å²) in [5, 5.41) is 0. The summed E-state index contributed by atoms with van der Waals surface area (Å²) in [6.07, 6.45) is 3.40. The second-order valence-electron chi connectivity index (χ2n) is 4.83. The number of ether oxygens (including phenoxy) is 1. The number of methoxy groups -OCH3 is 1. The number of anilines is 1. The molecular weight excluding hydrogens is 218 g/mol. The van der Waals surface area contributed by atoms with Gasteiger partial charge < -0.3 is 15.0 Å². The quantitative estimate of drug-likeness (QED) is 0.798. The first kappa shape index (κ1) is 12.0. The standard InChI is InChI=1S/C12H19N3O2/c1-7-4-5-9(6-7)15-8(2)14-10(11(15)13)12(16)17-3/h7,9H,4-6,13H2,1-3H3. The Morgan fingerprint density at radius 2 is 2.24 bits per heavy atom. The van der Waals surface area contributed by atoms with Crippen LogP contribution in [0.4, 0.5) is 5.82 Å². The fraction of sp³-hybridized carbons (Fsp3) is 0.667. The van der Waals surface area contributed by atoms with Crippen LogP contribution in [-0.4, -0.2) is 22.6 Å². The Kier molecular flexibility index (Phi) is 3.09. The van der Waals surface area contributed by atoms with Crippen molar-refractivity contribution in [1.82, 2.24) is 9.55 Å². The molecule has 1 aliphatic rings. The number of carbonyl (C=O) groups is 1. The summed E-state index contributed by atoms with van der Waals surface area (Å²) < 4.78 is 6.66. The molecule has 0 aromatic carbocycles. The Balaban J connectivity index is 2.35. The normalized spacial score (nSPS) is 23.9. The van der Waals surface area contributed by atoms with Gasteiger partial charge in [-0.05, 0) is 32.1 Å². The van der Waals surface area contributed by atoms with Crippen LogP contribution in [0.5, 0.6) is 0 Å². The number of hydrogen-bond donors (Lipinski definition) is 1. The Bertz CT molecular complexity index is 439. The van der Waals surface area contributed by atoms with E-state index in [1.165, 1.54) is 13.5 Å². The highest BCUT2D eigenvalue weighted by Crippen LogP contribution is 2.37. The van der Waals surface area contributed by atoms with E-state index in [4.69, 9.17) is 5.73 Å². The van der Waals surface area contributed by atoms with Crippen LogP contribution in [-0.2, 0) is 4.74 Å². The highest BCUT2D eigenvalue weighted by atomic mass is 16.5. The molecule has 94 valence electrons. The lowest BCUT2D eigenvalue weighted by molar-refractivity contribution is 0.0595. The van der Waals surface area contributed by atoms with Crippen molar-refractivity contribution in [2.75, 3.05) is 12.8 Å². The van der Waals surface area contributed by atoms with E-state index in [1.807, 2.05) is 11.5 Å². The molecule has 0 bridgehead atoms. The van der Waals surface area contributed by atoms with E-state index in [2.05, 4.69) is 16.6 Å². The van der Waals surface area contributed by atoms with Crippen molar-refractivity contribution in [3.63, 3.8) is 0 Å². The zero-order chi connectivity index (χ0) is 12.6. The zero-order valence-electron chi connectivity index (χ0n) is 10.6. The topological polar surface area (TPSA) is 70.1 Å². The number of rotatable bonds is 2. The predicted octanol–water partition coefficient (Wildman–Crippen LogP) is 1.92. The van der Waals surface area contributed by atoms with Gasteiger partial charge in [0.25, 0.3) is 0 Å². The molecule has 1 heterocycles. The number of aryl methyl sites for hydroxylation is 1. The number of nitrogens with zero attached hydrogens (tertiary/aromatic N) is 2. The third-order valence-electron chi connectivity index (χ3n) is 3.54. The van der Waals surface area contributed by atoms with E-state index in [-0.39, 0.29) is 5.69 Å². The summed E-state index contributed by atoms with van der Waals surface area (Å²) in [7, 11) is 1.34. The van der Waals surface area contributed by atoms with Crippen molar-refractivity contribution < 1.29 is 9.53 Å². The lowest BCUT2D eigenvalue weighted by Crippen LogP contribution is -2.12. The van der Waals surface area contributed by atoms with Gasteiger partial charge in [0, 0.05) is 6.04 Å². The molecule has 0 saturated heterocycles. The van der Waals surface area contributed by atoms with Crippen LogP contribution in [0, 0.1) is 12.8 Å². The minimum absolute atomic E-state index is 0.240. The van der Waals surface area contributed by atoms with E-state index in [0.29, 0.717) is 17.8 Å². The number of nitrogens with two attached hydrogens (primary N) is 1. The number of hydrogen-bond acceptors (Lipinski definition) is 4. The van der Waals surface area contributed by atoms with Crippen LogP contribution in [0.2, 0.25) is 0 Å². The molecule has 17 heavy (non-hydrogen) atoms. The summed E-state index contributed by atoms with van der Waals surface area (Å²) >= 11 is 0. The molecule has 2 N–H and O–H groups in total. The van der Waals surface area contributed by atoms with Gasteiger partial charge in [-0.3, -0.25) is 0 Å². The maximum absolute atomic E-state index is 11.5. The van der Waals surface area contributed by atoms with Crippen molar-refractivity contribution >= 4 is 11.8 Å². The van der Waals surface area contributed by atoms with Gasteiger partial charge in [0.05, 0.1) is 7.11 Å². The molecule has 0 radical (unpaired) electrons. The van der Waals surface area contributed by atoms with E-state index < -0.39 is 5.97 Å². The molecule has 2 atom stereocenters. The fourth-order valence-corrected chi connectivity index (χ4v) is 2.68. The summed E-state index contributed by atoms with van der Waals surface area (Å²) in [5.74, 6) is 1.48. The molecule has 1 aromatic heterocycles. The number of aromatic nitrogens is 2. The van der Waals surface area contributed by atoms with Gasteiger partial charge in [-0.15, -0.1) is 0 Å². The van der Waals surface area contributed by atoms with Crippen molar-refractivity contribution in [1.29, 1.82) is 0 Å². The molecule has 1 saturated carbocycles. The Morgan fingerprint density at radius 1 is 1.53 bits per heavy atom. The molecule has 2 unspecified atom stereocenters.